The molecule has 1 N–H and O–H groups in total. The van der Waals surface area contributed by atoms with Crippen molar-refractivity contribution < 1.29 is 4.74 Å². The smallest absolute Gasteiger partial charge is 0.193 e. The minimum atomic E-state index is 0.242. The van der Waals surface area contributed by atoms with Crippen LogP contribution in [-0.2, 0) is 4.74 Å². The molecule has 2 fully saturated rings. The quantitative estimate of drug-likeness (QED) is 0.648. The minimum Gasteiger partial charge on any atom is -0.374 e. The number of nitrogens with one attached hydrogen (secondary N) is 1. The highest BCUT2D eigenvalue weighted by atomic mass is 16.5. The van der Waals surface area contributed by atoms with Crippen LogP contribution < -0.4 is 5.32 Å². The molecule has 2 aliphatic heterocycles. The molecule has 1 aromatic rings. The van der Waals surface area contributed by atoms with Gasteiger partial charge in [0.15, 0.2) is 5.96 Å². The number of morpholine rings is 1. The zero-order valence-corrected chi connectivity index (χ0v) is 16.5. The van der Waals surface area contributed by atoms with Gasteiger partial charge in [-0.2, -0.15) is 0 Å². The van der Waals surface area contributed by atoms with Gasteiger partial charge in [0.2, 0.25) is 0 Å². The maximum absolute atomic E-state index is 5.96. The summed E-state index contributed by atoms with van der Waals surface area (Å²) >= 11 is 0. The van der Waals surface area contributed by atoms with Gasteiger partial charge in [0, 0.05) is 52.2 Å². The second kappa shape index (κ2) is 9.38. The molecule has 0 radical (unpaired) electrons. The number of ether oxygens (including phenoxy) is 1. The molecular formula is C21H34N4O. The van der Waals surface area contributed by atoms with Crippen molar-refractivity contribution in [1.82, 2.24) is 15.1 Å². The molecular weight excluding hydrogens is 324 g/mol. The van der Waals surface area contributed by atoms with Crippen LogP contribution in [0.4, 0.5) is 0 Å². The molecule has 0 amide bonds. The first-order valence-electron chi connectivity index (χ1n) is 10.00. The Bertz CT molecular complexity index is 575. The highest BCUT2D eigenvalue weighted by Crippen LogP contribution is 2.26. The first-order chi connectivity index (χ1) is 12.7. The van der Waals surface area contributed by atoms with E-state index in [1.165, 1.54) is 12.0 Å². The van der Waals surface area contributed by atoms with Gasteiger partial charge in [0.05, 0.1) is 12.7 Å². The Balaban J connectivity index is 1.48. The Morgan fingerprint density at radius 3 is 2.77 bits per heavy atom. The normalized spacial score (nSPS) is 25.1. The minimum absolute atomic E-state index is 0.242. The molecule has 0 bridgehead atoms. The lowest BCUT2D eigenvalue weighted by Gasteiger charge is -2.34. The van der Waals surface area contributed by atoms with Crippen molar-refractivity contribution in [3.05, 3.63) is 35.9 Å². The lowest BCUT2D eigenvalue weighted by molar-refractivity contribution is -0.0286. The molecule has 0 saturated carbocycles. The summed E-state index contributed by atoms with van der Waals surface area (Å²) in [6, 6.07) is 10.8. The Kier molecular flexibility index (Phi) is 6.92. The fraction of sp³-hybridized carbons (Fsp3) is 0.667. The largest absolute Gasteiger partial charge is 0.374 e. The van der Waals surface area contributed by atoms with Crippen LogP contribution in [0.2, 0.25) is 0 Å². The van der Waals surface area contributed by atoms with E-state index in [0.717, 1.165) is 51.8 Å². The fourth-order valence-corrected chi connectivity index (χ4v) is 4.07. The third kappa shape index (κ3) is 5.21. The molecule has 0 aromatic heterocycles. The Morgan fingerprint density at radius 2 is 2.04 bits per heavy atom. The third-order valence-corrected chi connectivity index (χ3v) is 5.30. The molecule has 26 heavy (non-hydrogen) atoms. The van der Waals surface area contributed by atoms with E-state index in [2.05, 4.69) is 64.3 Å². The van der Waals surface area contributed by atoms with Gasteiger partial charge in [-0.05, 0) is 17.9 Å². The summed E-state index contributed by atoms with van der Waals surface area (Å²) in [5, 5.41) is 3.55. The van der Waals surface area contributed by atoms with Crippen molar-refractivity contribution in [2.24, 2.45) is 10.9 Å². The summed E-state index contributed by atoms with van der Waals surface area (Å²) in [6.07, 6.45) is 1.43. The SMILES string of the molecule is CN=C(NCC1CN(CC(C)C)CCO1)N1CCC(c2ccccc2)C1. The number of hydrogen-bond acceptors (Lipinski definition) is 3. The third-order valence-electron chi connectivity index (χ3n) is 5.30. The fourth-order valence-electron chi connectivity index (χ4n) is 4.07. The molecule has 3 rings (SSSR count). The average molecular weight is 359 g/mol. The van der Waals surface area contributed by atoms with Crippen molar-refractivity contribution in [3.63, 3.8) is 0 Å². The number of benzene rings is 1. The monoisotopic (exact) mass is 358 g/mol. The first kappa shape index (κ1) is 19.2. The van der Waals surface area contributed by atoms with Gasteiger partial charge in [-0.3, -0.25) is 9.89 Å². The zero-order chi connectivity index (χ0) is 18.4. The second-order valence-corrected chi connectivity index (χ2v) is 7.92. The van der Waals surface area contributed by atoms with Crippen LogP contribution >= 0.6 is 0 Å². The molecule has 2 heterocycles. The Labute approximate surface area is 158 Å². The summed E-state index contributed by atoms with van der Waals surface area (Å²) in [4.78, 5) is 9.41. The van der Waals surface area contributed by atoms with E-state index in [9.17, 15) is 0 Å². The van der Waals surface area contributed by atoms with Gasteiger partial charge in [-0.1, -0.05) is 44.2 Å². The first-order valence-corrected chi connectivity index (χ1v) is 10.00. The maximum Gasteiger partial charge on any atom is 0.193 e. The molecule has 2 atom stereocenters. The van der Waals surface area contributed by atoms with E-state index in [4.69, 9.17) is 4.74 Å². The van der Waals surface area contributed by atoms with Crippen LogP contribution in [0.1, 0.15) is 31.7 Å². The summed E-state index contributed by atoms with van der Waals surface area (Å²) in [7, 11) is 1.88. The topological polar surface area (TPSA) is 40.1 Å². The molecule has 1 aromatic carbocycles. The number of nitrogens with zero attached hydrogens (tertiary/aromatic N) is 3. The van der Waals surface area contributed by atoms with Crippen molar-refractivity contribution in [2.45, 2.75) is 32.3 Å². The molecule has 0 aliphatic carbocycles. The van der Waals surface area contributed by atoms with Crippen LogP contribution in [0.25, 0.3) is 0 Å². The molecule has 5 heteroatoms. The predicted molar refractivity (Wildman–Crippen MR) is 108 cm³/mol. The van der Waals surface area contributed by atoms with Crippen molar-refractivity contribution in [2.75, 3.05) is 52.9 Å². The molecule has 2 aliphatic rings. The lowest BCUT2D eigenvalue weighted by atomic mass is 9.99. The second-order valence-electron chi connectivity index (χ2n) is 7.92. The number of likely N-dealkylation sites (tertiary alicyclic amines) is 1. The number of aliphatic imine (C=N–C) groups is 1. The zero-order valence-electron chi connectivity index (χ0n) is 16.5. The molecule has 144 valence electrons. The number of guanidine groups is 1. The van der Waals surface area contributed by atoms with Crippen molar-refractivity contribution in [3.8, 4) is 0 Å². The summed E-state index contributed by atoms with van der Waals surface area (Å²) in [6.45, 7) is 11.5. The molecule has 0 spiro atoms. The van der Waals surface area contributed by atoms with E-state index in [1.807, 2.05) is 7.05 Å². The maximum atomic E-state index is 5.96. The van der Waals surface area contributed by atoms with Gasteiger partial charge in [-0.15, -0.1) is 0 Å². The number of hydrogen-bond donors (Lipinski definition) is 1. The molecule has 5 nitrogen and oxygen atoms in total. The Morgan fingerprint density at radius 1 is 1.23 bits per heavy atom. The van der Waals surface area contributed by atoms with E-state index in [-0.39, 0.29) is 6.10 Å². The summed E-state index contributed by atoms with van der Waals surface area (Å²) in [5.74, 6) is 2.31. The Hall–Kier alpha value is -1.59. The van der Waals surface area contributed by atoms with Gasteiger partial charge < -0.3 is 15.0 Å². The highest BCUT2D eigenvalue weighted by molar-refractivity contribution is 5.80. The van der Waals surface area contributed by atoms with Crippen LogP contribution in [0.5, 0.6) is 0 Å². The van der Waals surface area contributed by atoms with Crippen LogP contribution in [0.3, 0.4) is 0 Å². The summed E-state index contributed by atoms with van der Waals surface area (Å²) in [5.41, 5.74) is 1.44. The van der Waals surface area contributed by atoms with Crippen LogP contribution in [0.15, 0.2) is 35.3 Å². The predicted octanol–water partition coefficient (Wildman–Crippen LogP) is 2.41. The van der Waals surface area contributed by atoms with Gasteiger partial charge in [0.25, 0.3) is 0 Å². The van der Waals surface area contributed by atoms with E-state index in [1.54, 1.807) is 0 Å². The van der Waals surface area contributed by atoms with Crippen LogP contribution in [-0.4, -0.2) is 74.8 Å². The van der Waals surface area contributed by atoms with Crippen LogP contribution in [0, 0.1) is 5.92 Å². The average Bonchev–Trinajstić information content (AvgIpc) is 3.13. The van der Waals surface area contributed by atoms with E-state index >= 15 is 0 Å². The van der Waals surface area contributed by atoms with Gasteiger partial charge in [0.1, 0.15) is 0 Å². The standard InChI is InChI=1S/C21H34N4O/c1-17(2)14-24-11-12-26-20(16-24)13-23-21(22-3)25-10-9-19(15-25)18-7-5-4-6-8-18/h4-8,17,19-20H,9-16H2,1-3H3,(H,22,23). The van der Waals surface area contributed by atoms with E-state index < -0.39 is 0 Å². The summed E-state index contributed by atoms with van der Waals surface area (Å²) < 4.78 is 5.96. The van der Waals surface area contributed by atoms with E-state index in [0.29, 0.717) is 11.8 Å². The van der Waals surface area contributed by atoms with Gasteiger partial charge in [-0.25, -0.2) is 0 Å². The van der Waals surface area contributed by atoms with Gasteiger partial charge >= 0.3 is 0 Å². The number of rotatable bonds is 5. The molecule has 2 unspecified atom stereocenters. The van der Waals surface area contributed by atoms with Crippen molar-refractivity contribution >= 4 is 5.96 Å². The lowest BCUT2D eigenvalue weighted by Crippen LogP contribution is -2.50. The molecule has 2 saturated heterocycles. The highest BCUT2D eigenvalue weighted by Gasteiger charge is 2.27. The van der Waals surface area contributed by atoms with Crippen molar-refractivity contribution in [1.29, 1.82) is 0 Å².